The maximum atomic E-state index is 11.4. The lowest BCUT2D eigenvalue weighted by molar-refractivity contribution is -0.117. The van der Waals surface area contributed by atoms with Crippen LogP contribution in [0.1, 0.15) is 6.92 Å². The number of anilines is 1. The van der Waals surface area contributed by atoms with Crippen LogP contribution in [0.15, 0.2) is 18.2 Å². The van der Waals surface area contributed by atoms with E-state index in [0.717, 1.165) is 0 Å². The van der Waals surface area contributed by atoms with Crippen LogP contribution in [0.2, 0.25) is 5.15 Å². The number of aromatic nitrogens is 1. The summed E-state index contributed by atoms with van der Waals surface area (Å²) in [6, 6.07) is 4.82. The zero-order valence-corrected chi connectivity index (χ0v) is 8.80. The molecule has 2 N–H and O–H groups in total. The van der Waals surface area contributed by atoms with Gasteiger partial charge in [-0.05, 0) is 26.1 Å². The highest BCUT2D eigenvalue weighted by molar-refractivity contribution is 6.29. The second kappa shape index (κ2) is 4.93. The maximum Gasteiger partial charge on any atom is 0.242 e. The van der Waals surface area contributed by atoms with Crippen LogP contribution in [-0.2, 0) is 4.79 Å². The Bertz CT molecular complexity index is 330. The lowest BCUT2D eigenvalue weighted by Gasteiger charge is -2.10. The fraction of sp³-hybridized carbons (Fsp3) is 0.333. The Hall–Kier alpha value is -1.13. The van der Waals surface area contributed by atoms with Gasteiger partial charge in [0.2, 0.25) is 5.91 Å². The average Bonchev–Trinajstić information content (AvgIpc) is 2.16. The second-order valence-corrected chi connectivity index (χ2v) is 3.23. The summed E-state index contributed by atoms with van der Waals surface area (Å²) in [7, 11) is 1.72. The van der Waals surface area contributed by atoms with Crippen LogP contribution in [-0.4, -0.2) is 24.0 Å². The summed E-state index contributed by atoms with van der Waals surface area (Å²) < 4.78 is 0. The molecule has 0 bridgehead atoms. The summed E-state index contributed by atoms with van der Waals surface area (Å²) in [6.45, 7) is 1.76. The predicted molar refractivity (Wildman–Crippen MR) is 56.4 cm³/mol. The lowest BCUT2D eigenvalue weighted by Crippen LogP contribution is -2.35. The fourth-order valence-electron chi connectivity index (χ4n) is 0.843. The van der Waals surface area contributed by atoms with E-state index in [0.29, 0.717) is 11.0 Å². The van der Waals surface area contributed by atoms with Crippen molar-refractivity contribution in [3.63, 3.8) is 0 Å². The van der Waals surface area contributed by atoms with Gasteiger partial charge in [0.25, 0.3) is 0 Å². The van der Waals surface area contributed by atoms with Crippen LogP contribution in [0, 0.1) is 0 Å². The van der Waals surface area contributed by atoms with Crippen molar-refractivity contribution in [3.8, 4) is 0 Å². The molecule has 1 aromatic rings. The number of hydrogen-bond donors (Lipinski definition) is 2. The number of pyridine rings is 1. The average molecular weight is 214 g/mol. The van der Waals surface area contributed by atoms with Gasteiger partial charge in [-0.15, -0.1) is 0 Å². The molecule has 0 aliphatic rings. The molecule has 1 amide bonds. The van der Waals surface area contributed by atoms with Gasteiger partial charge >= 0.3 is 0 Å². The minimum atomic E-state index is -0.254. The van der Waals surface area contributed by atoms with Crippen molar-refractivity contribution in [3.05, 3.63) is 23.4 Å². The Morgan fingerprint density at radius 3 is 2.86 bits per heavy atom. The molecule has 14 heavy (non-hydrogen) atoms. The van der Waals surface area contributed by atoms with Gasteiger partial charge in [0.05, 0.1) is 6.04 Å². The Morgan fingerprint density at radius 1 is 1.57 bits per heavy atom. The highest BCUT2D eigenvalue weighted by Gasteiger charge is 2.10. The van der Waals surface area contributed by atoms with Crippen LogP contribution < -0.4 is 10.6 Å². The monoisotopic (exact) mass is 213 g/mol. The van der Waals surface area contributed by atoms with E-state index < -0.39 is 0 Å². The number of carbonyl (C=O) groups is 1. The number of halogens is 1. The first-order chi connectivity index (χ1) is 6.63. The van der Waals surface area contributed by atoms with E-state index in [1.54, 1.807) is 32.2 Å². The molecule has 5 heteroatoms. The molecule has 1 atom stereocenters. The topological polar surface area (TPSA) is 54.0 Å². The van der Waals surface area contributed by atoms with Crippen LogP contribution in [0.4, 0.5) is 5.82 Å². The Balaban J connectivity index is 2.65. The summed E-state index contributed by atoms with van der Waals surface area (Å²) in [6.07, 6.45) is 0. The number of rotatable bonds is 3. The van der Waals surface area contributed by atoms with Gasteiger partial charge in [-0.2, -0.15) is 0 Å². The van der Waals surface area contributed by atoms with E-state index in [-0.39, 0.29) is 11.9 Å². The van der Waals surface area contributed by atoms with Crippen molar-refractivity contribution in [2.45, 2.75) is 13.0 Å². The van der Waals surface area contributed by atoms with Crippen molar-refractivity contribution in [1.29, 1.82) is 0 Å². The van der Waals surface area contributed by atoms with Gasteiger partial charge in [-0.1, -0.05) is 17.7 Å². The Kier molecular flexibility index (Phi) is 3.85. The summed E-state index contributed by atoms with van der Waals surface area (Å²) in [4.78, 5) is 15.3. The smallest absolute Gasteiger partial charge is 0.242 e. The molecular formula is C9H12ClN3O. The number of nitrogens with zero attached hydrogens (tertiary/aromatic N) is 1. The van der Waals surface area contributed by atoms with E-state index in [4.69, 9.17) is 11.6 Å². The van der Waals surface area contributed by atoms with E-state index >= 15 is 0 Å². The molecule has 1 heterocycles. The van der Waals surface area contributed by atoms with Crippen molar-refractivity contribution in [2.24, 2.45) is 0 Å². The second-order valence-electron chi connectivity index (χ2n) is 2.85. The number of amides is 1. The molecular weight excluding hydrogens is 202 g/mol. The third-order valence-electron chi connectivity index (χ3n) is 1.79. The highest BCUT2D eigenvalue weighted by atomic mass is 35.5. The first-order valence-corrected chi connectivity index (χ1v) is 4.62. The lowest BCUT2D eigenvalue weighted by atomic mass is 10.3. The minimum Gasteiger partial charge on any atom is -0.309 e. The summed E-state index contributed by atoms with van der Waals surface area (Å²) >= 11 is 5.66. The van der Waals surface area contributed by atoms with Gasteiger partial charge in [-0.3, -0.25) is 4.79 Å². The Labute approximate surface area is 87.7 Å². The maximum absolute atomic E-state index is 11.4. The molecule has 0 fully saturated rings. The van der Waals surface area contributed by atoms with Crippen LogP contribution in [0.3, 0.4) is 0 Å². The van der Waals surface area contributed by atoms with Crippen molar-refractivity contribution >= 4 is 23.3 Å². The summed E-state index contributed by atoms with van der Waals surface area (Å²) in [5.74, 6) is 0.326. The third kappa shape index (κ3) is 2.97. The van der Waals surface area contributed by atoms with Gasteiger partial charge < -0.3 is 10.6 Å². The van der Waals surface area contributed by atoms with Gasteiger partial charge in [0.15, 0.2) is 0 Å². The fourth-order valence-corrected chi connectivity index (χ4v) is 1.01. The predicted octanol–water partition coefficient (Wildman–Crippen LogP) is 1.28. The number of hydrogen-bond acceptors (Lipinski definition) is 3. The van der Waals surface area contributed by atoms with Gasteiger partial charge in [-0.25, -0.2) is 4.98 Å². The van der Waals surface area contributed by atoms with Gasteiger partial charge in [0, 0.05) is 0 Å². The Morgan fingerprint density at radius 2 is 2.29 bits per heavy atom. The number of likely N-dealkylation sites (N-methyl/N-ethyl adjacent to an activating group) is 1. The summed E-state index contributed by atoms with van der Waals surface area (Å²) in [5.41, 5.74) is 0. The zero-order chi connectivity index (χ0) is 10.6. The molecule has 1 rings (SSSR count). The molecule has 0 spiro atoms. The molecule has 0 saturated carbocycles. The zero-order valence-electron chi connectivity index (χ0n) is 8.04. The van der Waals surface area contributed by atoms with Crippen LogP contribution >= 0.6 is 11.6 Å². The third-order valence-corrected chi connectivity index (χ3v) is 2.00. The number of nitrogens with one attached hydrogen (secondary N) is 2. The molecule has 0 aliphatic heterocycles. The SMILES string of the molecule is CNC(C)C(=O)Nc1cccc(Cl)n1. The van der Waals surface area contributed by atoms with E-state index in [1.807, 2.05) is 0 Å². The summed E-state index contributed by atoms with van der Waals surface area (Å²) in [5, 5.41) is 5.82. The molecule has 0 aromatic carbocycles. The van der Waals surface area contributed by atoms with Crippen molar-refractivity contribution in [2.75, 3.05) is 12.4 Å². The minimum absolute atomic E-state index is 0.137. The quantitative estimate of drug-likeness (QED) is 0.744. The van der Waals surface area contributed by atoms with Crippen molar-refractivity contribution in [1.82, 2.24) is 10.3 Å². The molecule has 4 nitrogen and oxygen atoms in total. The first kappa shape index (κ1) is 10.9. The largest absolute Gasteiger partial charge is 0.309 e. The van der Waals surface area contributed by atoms with E-state index in [9.17, 15) is 4.79 Å². The normalized spacial score (nSPS) is 12.2. The number of carbonyl (C=O) groups excluding carboxylic acids is 1. The molecule has 76 valence electrons. The molecule has 0 aliphatic carbocycles. The first-order valence-electron chi connectivity index (χ1n) is 4.24. The van der Waals surface area contributed by atoms with Crippen LogP contribution in [0.5, 0.6) is 0 Å². The molecule has 1 unspecified atom stereocenters. The van der Waals surface area contributed by atoms with E-state index in [1.165, 1.54) is 0 Å². The molecule has 1 aromatic heterocycles. The molecule has 0 radical (unpaired) electrons. The van der Waals surface area contributed by atoms with E-state index in [2.05, 4.69) is 15.6 Å². The standard InChI is InChI=1S/C9H12ClN3O/c1-6(11-2)9(14)13-8-5-3-4-7(10)12-8/h3-6,11H,1-2H3,(H,12,13,14). The van der Waals surface area contributed by atoms with Crippen LogP contribution in [0.25, 0.3) is 0 Å². The van der Waals surface area contributed by atoms with Gasteiger partial charge in [0.1, 0.15) is 11.0 Å². The highest BCUT2D eigenvalue weighted by Crippen LogP contribution is 2.09. The molecule has 0 saturated heterocycles. The van der Waals surface area contributed by atoms with Crippen molar-refractivity contribution < 1.29 is 4.79 Å².